The Morgan fingerprint density at radius 2 is 2.17 bits per heavy atom. The lowest BCUT2D eigenvalue weighted by Crippen LogP contribution is -2.18. The molecule has 1 aromatic carbocycles. The molecule has 0 radical (unpaired) electrons. The average Bonchev–Trinajstić information content (AvgIpc) is 3.29. The zero-order valence-electron chi connectivity index (χ0n) is 13.2. The van der Waals surface area contributed by atoms with E-state index in [-0.39, 0.29) is 12.8 Å². The van der Waals surface area contributed by atoms with E-state index in [1.54, 1.807) is 17.5 Å². The minimum Gasteiger partial charge on any atom is -0.454 e. The van der Waals surface area contributed by atoms with Gasteiger partial charge in [0, 0.05) is 35.9 Å². The Balaban J connectivity index is 1.43. The zero-order valence-corrected chi connectivity index (χ0v) is 14.0. The van der Waals surface area contributed by atoms with Crippen LogP contribution in [0.25, 0.3) is 10.6 Å². The van der Waals surface area contributed by atoms with Gasteiger partial charge in [-0.25, -0.2) is 4.98 Å². The molecule has 0 amide bonds. The molecule has 0 aliphatic carbocycles. The summed E-state index contributed by atoms with van der Waals surface area (Å²) in [5, 5.41) is 6.55. The first-order valence-electron chi connectivity index (χ1n) is 7.77. The van der Waals surface area contributed by atoms with Gasteiger partial charge in [-0.3, -0.25) is 4.98 Å². The summed E-state index contributed by atoms with van der Waals surface area (Å²) in [7, 11) is 0. The van der Waals surface area contributed by atoms with Gasteiger partial charge in [0.25, 0.3) is 0 Å². The van der Waals surface area contributed by atoms with E-state index in [1.807, 2.05) is 30.5 Å². The summed E-state index contributed by atoms with van der Waals surface area (Å²) in [5.74, 6) is 1.58. The van der Waals surface area contributed by atoms with Crippen molar-refractivity contribution in [2.45, 2.75) is 19.5 Å². The molecule has 5 nitrogen and oxygen atoms in total. The molecule has 3 aromatic rings. The predicted octanol–water partition coefficient (Wildman–Crippen LogP) is 3.78. The number of nitrogens with one attached hydrogen (secondary N) is 1. The molecular weight excluding hydrogens is 322 g/mol. The molecule has 2 aromatic heterocycles. The molecule has 6 heteroatoms. The summed E-state index contributed by atoms with van der Waals surface area (Å²) in [4.78, 5) is 8.87. The second-order valence-electron chi connectivity index (χ2n) is 5.60. The Morgan fingerprint density at radius 3 is 3.04 bits per heavy atom. The molecule has 1 aliphatic heterocycles. The molecule has 0 fully saturated rings. The van der Waals surface area contributed by atoms with Crippen LogP contribution < -0.4 is 14.8 Å². The van der Waals surface area contributed by atoms with Crippen molar-refractivity contribution in [1.29, 1.82) is 0 Å². The number of aromatic nitrogens is 2. The number of hydrogen-bond donors (Lipinski definition) is 1. The van der Waals surface area contributed by atoms with E-state index >= 15 is 0 Å². The first-order chi connectivity index (χ1) is 11.8. The number of nitrogens with zero attached hydrogens (tertiary/aromatic N) is 2. The Kier molecular flexibility index (Phi) is 4.15. The summed E-state index contributed by atoms with van der Waals surface area (Å²) < 4.78 is 10.8. The first kappa shape index (κ1) is 15.1. The van der Waals surface area contributed by atoms with Gasteiger partial charge in [-0.15, -0.1) is 11.3 Å². The van der Waals surface area contributed by atoms with Crippen molar-refractivity contribution in [3.63, 3.8) is 0 Å². The van der Waals surface area contributed by atoms with Gasteiger partial charge in [0.05, 0.1) is 5.69 Å². The average molecular weight is 339 g/mol. The first-order valence-corrected chi connectivity index (χ1v) is 8.65. The molecule has 0 spiro atoms. The minimum absolute atomic E-state index is 0.231. The third kappa shape index (κ3) is 3.11. The normalized spacial score (nSPS) is 13.9. The molecule has 0 unspecified atom stereocenters. The van der Waals surface area contributed by atoms with Crippen molar-refractivity contribution in [2.24, 2.45) is 0 Å². The maximum Gasteiger partial charge on any atom is 0.231 e. The summed E-state index contributed by atoms with van der Waals surface area (Å²) in [6, 6.07) is 10.2. The van der Waals surface area contributed by atoms with Crippen LogP contribution in [0.1, 0.15) is 24.2 Å². The van der Waals surface area contributed by atoms with Gasteiger partial charge in [-0.05, 0) is 36.8 Å². The molecule has 0 bridgehead atoms. The number of fused-ring (bicyclic) bond motifs is 1. The third-order valence-electron chi connectivity index (χ3n) is 3.95. The van der Waals surface area contributed by atoms with Crippen LogP contribution in [0.2, 0.25) is 0 Å². The zero-order chi connectivity index (χ0) is 16.4. The lowest BCUT2D eigenvalue weighted by atomic mass is 10.1. The number of hydrogen-bond acceptors (Lipinski definition) is 6. The standard InChI is InChI=1S/C18H17N3O2S/c1-12(14-3-2-6-19-8-14)20-9-15-10-24-18(21-15)13-4-5-16-17(7-13)23-11-22-16/h2-8,10,12,20H,9,11H2,1H3/t12-/m1/s1. The van der Waals surface area contributed by atoms with Gasteiger partial charge in [0.2, 0.25) is 6.79 Å². The van der Waals surface area contributed by atoms with Gasteiger partial charge < -0.3 is 14.8 Å². The van der Waals surface area contributed by atoms with E-state index in [2.05, 4.69) is 28.7 Å². The Morgan fingerprint density at radius 1 is 1.25 bits per heavy atom. The van der Waals surface area contributed by atoms with Crippen LogP contribution in [0.3, 0.4) is 0 Å². The van der Waals surface area contributed by atoms with Gasteiger partial charge in [0.15, 0.2) is 11.5 Å². The van der Waals surface area contributed by atoms with Gasteiger partial charge in [0.1, 0.15) is 5.01 Å². The van der Waals surface area contributed by atoms with Crippen LogP contribution >= 0.6 is 11.3 Å². The third-order valence-corrected chi connectivity index (χ3v) is 4.89. The van der Waals surface area contributed by atoms with Crippen LogP contribution in [0.4, 0.5) is 0 Å². The predicted molar refractivity (Wildman–Crippen MR) is 93.2 cm³/mol. The van der Waals surface area contributed by atoms with Gasteiger partial charge in [-0.1, -0.05) is 6.07 Å². The van der Waals surface area contributed by atoms with Gasteiger partial charge in [-0.2, -0.15) is 0 Å². The van der Waals surface area contributed by atoms with E-state index in [4.69, 9.17) is 14.5 Å². The fraction of sp³-hybridized carbons (Fsp3) is 0.222. The Hall–Kier alpha value is -2.44. The smallest absolute Gasteiger partial charge is 0.231 e. The van der Waals surface area contributed by atoms with Crippen LogP contribution in [0.15, 0.2) is 48.1 Å². The monoisotopic (exact) mass is 339 g/mol. The fourth-order valence-electron chi connectivity index (χ4n) is 2.56. The molecule has 24 heavy (non-hydrogen) atoms. The van der Waals surface area contributed by atoms with Crippen LogP contribution in [-0.4, -0.2) is 16.8 Å². The lowest BCUT2D eigenvalue weighted by Gasteiger charge is -2.12. The van der Waals surface area contributed by atoms with E-state index < -0.39 is 0 Å². The highest BCUT2D eigenvalue weighted by molar-refractivity contribution is 7.13. The van der Waals surface area contributed by atoms with Crippen molar-refractivity contribution in [2.75, 3.05) is 6.79 Å². The number of benzene rings is 1. The highest BCUT2D eigenvalue weighted by atomic mass is 32.1. The quantitative estimate of drug-likeness (QED) is 0.766. The summed E-state index contributed by atoms with van der Waals surface area (Å²) in [6.45, 7) is 3.14. The highest BCUT2D eigenvalue weighted by Crippen LogP contribution is 2.36. The Bertz CT molecular complexity index is 835. The van der Waals surface area contributed by atoms with Crippen molar-refractivity contribution in [3.05, 3.63) is 59.4 Å². The van der Waals surface area contributed by atoms with E-state index in [0.29, 0.717) is 0 Å². The molecule has 4 rings (SSSR count). The number of ether oxygens (including phenoxy) is 2. The molecule has 0 saturated carbocycles. The summed E-state index contributed by atoms with van der Waals surface area (Å²) >= 11 is 1.64. The number of pyridine rings is 1. The van der Waals surface area contributed by atoms with Crippen molar-refractivity contribution >= 4 is 11.3 Å². The van der Waals surface area contributed by atoms with E-state index in [9.17, 15) is 0 Å². The number of thiazole rings is 1. The Labute approximate surface area is 144 Å². The molecule has 3 heterocycles. The van der Waals surface area contributed by atoms with Crippen LogP contribution in [-0.2, 0) is 6.54 Å². The second-order valence-corrected chi connectivity index (χ2v) is 6.46. The molecule has 122 valence electrons. The molecular formula is C18H17N3O2S. The maximum absolute atomic E-state index is 5.43. The summed E-state index contributed by atoms with van der Waals surface area (Å²) in [5.41, 5.74) is 3.25. The minimum atomic E-state index is 0.231. The highest BCUT2D eigenvalue weighted by Gasteiger charge is 2.15. The lowest BCUT2D eigenvalue weighted by molar-refractivity contribution is 0.174. The maximum atomic E-state index is 5.43. The number of rotatable bonds is 5. The van der Waals surface area contributed by atoms with E-state index in [1.165, 1.54) is 5.56 Å². The topological polar surface area (TPSA) is 56.3 Å². The van der Waals surface area contributed by atoms with Crippen LogP contribution in [0, 0.1) is 0 Å². The largest absolute Gasteiger partial charge is 0.454 e. The van der Waals surface area contributed by atoms with E-state index in [0.717, 1.165) is 34.3 Å². The van der Waals surface area contributed by atoms with Gasteiger partial charge >= 0.3 is 0 Å². The summed E-state index contributed by atoms with van der Waals surface area (Å²) in [6.07, 6.45) is 3.67. The fourth-order valence-corrected chi connectivity index (χ4v) is 3.37. The molecule has 1 aliphatic rings. The second kappa shape index (κ2) is 6.59. The van der Waals surface area contributed by atoms with Crippen molar-refractivity contribution in [3.8, 4) is 22.1 Å². The van der Waals surface area contributed by atoms with Crippen LogP contribution in [0.5, 0.6) is 11.5 Å². The SMILES string of the molecule is C[C@@H](NCc1csc(-c2ccc3c(c2)OCO3)n1)c1cccnc1. The molecule has 1 N–H and O–H groups in total. The molecule has 0 saturated heterocycles. The van der Waals surface area contributed by atoms with Crippen molar-refractivity contribution < 1.29 is 9.47 Å². The molecule has 1 atom stereocenters. The van der Waals surface area contributed by atoms with Crippen molar-refractivity contribution in [1.82, 2.24) is 15.3 Å².